The van der Waals surface area contributed by atoms with Gasteiger partial charge in [0.1, 0.15) is 0 Å². The van der Waals surface area contributed by atoms with Gasteiger partial charge in [-0.15, -0.1) is 11.8 Å². The normalized spacial score (nSPS) is 11.3. The molecule has 0 saturated heterocycles. The fourth-order valence-electron chi connectivity index (χ4n) is 1.98. The smallest absolute Gasteiger partial charge is 0.248 e. The third kappa shape index (κ3) is 5.77. The number of hydrogen-bond donors (Lipinski definition) is 1. The Labute approximate surface area is 146 Å². The molecule has 2 rings (SSSR count). The summed E-state index contributed by atoms with van der Waals surface area (Å²) in [6.07, 6.45) is 2.79. The van der Waals surface area contributed by atoms with E-state index in [0.29, 0.717) is 17.3 Å². The Bertz CT molecular complexity index is 670. The molecule has 1 N–H and O–H groups in total. The Morgan fingerprint density at radius 1 is 1.13 bits per heavy atom. The lowest BCUT2D eigenvalue weighted by Crippen LogP contribution is -2.26. The zero-order chi connectivity index (χ0) is 16.5. The molecule has 0 radical (unpaired) electrons. The fourth-order valence-corrected chi connectivity index (χ4v) is 3.06. The van der Waals surface area contributed by atoms with Crippen LogP contribution in [0.3, 0.4) is 0 Å². The summed E-state index contributed by atoms with van der Waals surface area (Å²) in [6, 6.07) is 17.6. The molecule has 0 aliphatic carbocycles. The number of thioether (sulfide) groups is 1. The van der Waals surface area contributed by atoms with Crippen molar-refractivity contribution in [1.29, 1.82) is 0 Å². The van der Waals surface area contributed by atoms with Crippen LogP contribution in [0.1, 0.15) is 18.9 Å². The van der Waals surface area contributed by atoms with E-state index in [9.17, 15) is 4.79 Å². The van der Waals surface area contributed by atoms with E-state index in [4.69, 9.17) is 11.6 Å². The van der Waals surface area contributed by atoms with Gasteiger partial charge in [0.15, 0.2) is 0 Å². The molecule has 0 aliphatic heterocycles. The molecular formula is C19H20ClNOS. The number of halogens is 1. The number of carbonyl (C=O) groups is 1. The van der Waals surface area contributed by atoms with Gasteiger partial charge in [-0.2, -0.15) is 0 Å². The maximum Gasteiger partial charge on any atom is 0.248 e. The standard InChI is InChI=1S/C19H20ClNOS/c1-2-12-21-19(22)16(13-15-8-6-7-11-18(15)20)14-23-17-9-4-3-5-10-17/h3-11,13H,2,12,14H2,1H3,(H,21,22)/b16-13+. The van der Waals surface area contributed by atoms with Gasteiger partial charge in [0.2, 0.25) is 5.91 Å². The van der Waals surface area contributed by atoms with Crippen molar-refractivity contribution in [1.82, 2.24) is 5.32 Å². The average molecular weight is 346 g/mol. The summed E-state index contributed by atoms with van der Waals surface area (Å²) in [5.74, 6) is 0.570. The van der Waals surface area contributed by atoms with E-state index in [1.165, 1.54) is 0 Å². The first kappa shape index (κ1) is 17.6. The summed E-state index contributed by atoms with van der Waals surface area (Å²) >= 11 is 7.85. The molecule has 2 aromatic carbocycles. The molecule has 120 valence electrons. The minimum atomic E-state index is -0.0322. The van der Waals surface area contributed by atoms with Crippen LogP contribution in [-0.4, -0.2) is 18.2 Å². The van der Waals surface area contributed by atoms with Crippen molar-refractivity contribution in [2.24, 2.45) is 0 Å². The lowest BCUT2D eigenvalue weighted by atomic mass is 10.1. The molecule has 2 aromatic rings. The molecule has 0 heterocycles. The molecule has 4 heteroatoms. The number of nitrogens with one attached hydrogen (secondary N) is 1. The van der Waals surface area contributed by atoms with Crippen molar-refractivity contribution in [3.05, 3.63) is 70.8 Å². The van der Waals surface area contributed by atoms with Crippen LogP contribution in [0.25, 0.3) is 6.08 Å². The van der Waals surface area contributed by atoms with Gasteiger partial charge in [-0.25, -0.2) is 0 Å². The predicted octanol–water partition coefficient (Wildman–Crippen LogP) is 5.04. The Balaban J connectivity index is 2.17. The maximum absolute atomic E-state index is 12.4. The first-order chi connectivity index (χ1) is 11.2. The number of rotatable bonds is 7. The predicted molar refractivity (Wildman–Crippen MR) is 99.9 cm³/mol. The van der Waals surface area contributed by atoms with Crippen molar-refractivity contribution in [3.8, 4) is 0 Å². The van der Waals surface area contributed by atoms with Crippen LogP contribution in [0, 0.1) is 0 Å². The van der Waals surface area contributed by atoms with Crippen molar-refractivity contribution in [2.75, 3.05) is 12.3 Å². The average Bonchev–Trinajstić information content (AvgIpc) is 2.59. The van der Waals surface area contributed by atoms with Crippen LogP contribution in [-0.2, 0) is 4.79 Å². The first-order valence-electron chi connectivity index (χ1n) is 7.62. The van der Waals surface area contributed by atoms with Gasteiger partial charge in [0.05, 0.1) is 0 Å². The van der Waals surface area contributed by atoms with E-state index in [0.717, 1.165) is 22.5 Å². The molecule has 0 bridgehead atoms. The quantitative estimate of drug-likeness (QED) is 0.562. The molecule has 2 nitrogen and oxygen atoms in total. The molecule has 0 aromatic heterocycles. The van der Waals surface area contributed by atoms with Crippen LogP contribution in [0.5, 0.6) is 0 Å². The molecule has 0 atom stereocenters. The molecule has 0 aliphatic rings. The van der Waals surface area contributed by atoms with Gasteiger partial charge >= 0.3 is 0 Å². The van der Waals surface area contributed by atoms with Gasteiger partial charge in [-0.3, -0.25) is 4.79 Å². The van der Waals surface area contributed by atoms with Gasteiger partial charge in [-0.05, 0) is 36.3 Å². The van der Waals surface area contributed by atoms with Crippen LogP contribution < -0.4 is 5.32 Å². The highest BCUT2D eigenvalue weighted by Crippen LogP contribution is 2.23. The van der Waals surface area contributed by atoms with Gasteiger partial charge < -0.3 is 5.32 Å². The first-order valence-corrected chi connectivity index (χ1v) is 8.98. The zero-order valence-corrected chi connectivity index (χ0v) is 14.7. The summed E-state index contributed by atoms with van der Waals surface area (Å²) in [7, 11) is 0. The summed E-state index contributed by atoms with van der Waals surface area (Å²) < 4.78 is 0. The van der Waals surface area contributed by atoms with Crippen molar-refractivity contribution in [2.45, 2.75) is 18.2 Å². The number of amides is 1. The van der Waals surface area contributed by atoms with Crippen LogP contribution in [0.15, 0.2) is 65.1 Å². The van der Waals surface area contributed by atoms with Crippen LogP contribution in [0.2, 0.25) is 5.02 Å². The van der Waals surface area contributed by atoms with E-state index >= 15 is 0 Å². The second-order valence-corrected chi connectivity index (χ2v) is 6.50. The summed E-state index contributed by atoms with van der Waals surface area (Å²) in [4.78, 5) is 13.5. The molecule has 23 heavy (non-hydrogen) atoms. The lowest BCUT2D eigenvalue weighted by molar-refractivity contribution is -0.117. The molecule has 0 saturated carbocycles. The van der Waals surface area contributed by atoms with E-state index < -0.39 is 0 Å². The second kappa shape index (κ2) is 9.43. The third-order valence-corrected chi connectivity index (χ3v) is 4.60. The van der Waals surface area contributed by atoms with Crippen LogP contribution >= 0.6 is 23.4 Å². The Morgan fingerprint density at radius 2 is 1.83 bits per heavy atom. The minimum absolute atomic E-state index is 0.0322. The van der Waals surface area contributed by atoms with Crippen molar-refractivity contribution in [3.63, 3.8) is 0 Å². The Hall–Kier alpha value is -1.71. The summed E-state index contributed by atoms with van der Waals surface area (Å²) in [6.45, 7) is 2.71. The van der Waals surface area contributed by atoms with E-state index in [1.54, 1.807) is 11.8 Å². The van der Waals surface area contributed by atoms with Gasteiger partial charge in [-0.1, -0.05) is 54.9 Å². The summed E-state index contributed by atoms with van der Waals surface area (Å²) in [5.41, 5.74) is 1.59. The highest BCUT2D eigenvalue weighted by Gasteiger charge is 2.10. The van der Waals surface area contributed by atoms with Crippen molar-refractivity contribution >= 4 is 35.3 Å². The monoisotopic (exact) mass is 345 g/mol. The zero-order valence-electron chi connectivity index (χ0n) is 13.1. The van der Waals surface area contributed by atoms with Crippen molar-refractivity contribution < 1.29 is 4.79 Å². The highest BCUT2D eigenvalue weighted by atomic mass is 35.5. The largest absolute Gasteiger partial charge is 0.352 e. The fraction of sp³-hybridized carbons (Fsp3) is 0.211. The SMILES string of the molecule is CCCNC(=O)/C(=C/c1ccccc1Cl)CSc1ccccc1. The molecular weight excluding hydrogens is 326 g/mol. The number of benzene rings is 2. The number of carbonyl (C=O) groups excluding carboxylic acids is 1. The number of hydrogen-bond acceptors (Lipinski definition) is 2. The van der Waals surface area contributed by atoms with E-state index in [1.807, 2.05) is 67.6 Å². The third-order valence-electron chi connectivity index (χ3n) is 3.20. The maximum atomic E-state index is 12.4. The Morgan fingerprint density at radius 3 is 2.52 bits per heavy atom. The molecule has 0 unspecified atom stereocenters. The second-order valence-electron chi connectivity index (χ2n) is 5.05. The summed E-state index contributed by atoms with van der Waals surface area (Å²) in [5, 5.41) is 3.60. The Kier molecular flexibility index (Phi) is 7.24. The van der Waals surface area contributed by atoms with E-state index in [-0.39, 0.29) is 5.91 Å². The molecule has 0 spiro atoms. The minimum Gasteiger partial charge on any atom is -0.352 e. The molecule has 0 fully saturated rings. The van der Waals surface area contributed by atoms with Gasteiger partial charge in [0.25, 0.3) is 0 Å². The van der Waals surface area contributed by atoms with E-state index in [2.05, 4.69) is 5.32 Å². The lowest BCUT2D eigenvalue weighted by Gasteiger charge is -2.09. The topological polar surface area (TPSA) is 29.1 Å². The molecule has 1 amide bonds. The highest BCUT2D eigenvalue weighted by molar-refractivity contribution is 7.99. The van der Waals surface area contributed by atoms with Crippen LogP contribution in [0.4, 0.5) is 0 Å². The van der Waals surface area contributed by atoms with Gasteiger partial charge in [0, 0.05) is 27.8 Å².